The Morgan fingerprint density at radius 3 is 2.32 bits per heavy atom. The molecule has 286 valence electrons. The number of piperazine rings is 1. The first kappa shape index (κ1) is 35.7. The molecule has 3 fully saturated rings. The number of benzene rings is 3. The van der Waals surface area contributed by atoms with E-state index in [1.165, 1.54) is 0 Å². The Balaban J connectivity index is 0.787. The van der Waals surface area contributed by atoms with Crippen LogP contribution in [-0.2, 0) is 9.59 Å². The second-order valence-electron chi connectivity index (χ2n) is 14.8. The van der Waals surface area contributed by atoms with E-state index in [9.17, 15) is 24.0 Å². The first-order valence-electron chi connectivity index (χ1n) is 18.8. The molecule has 9 rings (SSSR count). The maximum absolute atomic E-state index is 13.3. The number of nitrogens with two attached hydrogens (primary N) is 1. The molecule has 0 radical (unpaired) electrons. The van der Waals surface area contributed by atoms with Gasteiger partial charge in [-0.15, -0.1) is 0 Å². The number of piperidine rings is 2. The highest BCUT2D eigenvalue weighted by atomic mass is 35.5. The predicted molar refractivity (Wildman–Crippen MR) is 210 cm³/mol. The minimum absolute atomic E-state index is 0.0679. The lowest BCUT2D eigenvalue weighted by Crippen LogP contribution is -2.54. The lowest BCUT2D eigenvalue weighted by molar-refractivity contribution is -0.136. The molecule has 0 spiro atoms. The number of nitrogens with one attached hydrogen (secondary N) is 1. The molecule has 3 N–H and O–H groups in total. The summed E-state index contributed by atoms with van der Waals surface area (Å²) in [6.45, 7) is 6.26. The zero-order chi connectivity index (χ0) is 38.7. The summed E-state index contributed by atoms with van der Waals surface area (Å²) in [5.74, 6) is -0.513. The van der Waals surface area contributed by atoms with Crippen molar-refractivity contribution in [2.24, 2.45) is 5.92 Å². The quantitative estimate of drug-likeness (QED) is 0.171. The first-order chi connectivity index (χ1) is 27.1. The number of halogens is 1. The van der Waals surface area contributed by atoms with Gasteiger partial charge in [0, 0.05) is 75.7 Å². The summed E-state index contributed by atoms with van der Waals surface area (Å²) in [6.07, 6.45) is 2.23. The summed E-state index contributed by atoms with van der Waals surface area (Å²) in [7, 11) is 0. The first-order valence-corrected chi connectivity index (χ1v) is 19.2. The maximum atomic E-state index is 13.3. The highest BCUT2D eigenvalue weighted by Gasteiger charge is 2.45. The van der Waals surface area contributed by atoms with Crippen molar-refractivity contribution in [2.75, 3.05) is 61.3 Å². The Morgan fingerprint density at radius 2 is 1.54 bits per heavy atom. The molecule has 2 aromatic heterocycles. The van der Waals surface area contributed by atoms with Gasteiger partial charge in [-0.25, -0.2) is 4.98 Å². The Kier molecular flexibility index (Phi) is 9.09. The fourth-order valence-electron chi connectivity index (χ4n) is 8.31. The van der Waals surface area contributed by atoms with Crippen LogP contribution < -0.4 is 31.0 Å². The lowest BCUT2D eigenvalue weighted by Gasteiger charge is -2.40. The second kappa shape index (κ2) is 14.3. The third-order valence-electron chi connectivity index (χ3n) is 11.3. The molecule has 1 unspecified atom stereocenters. The Morgan fingerprint density at radius 1 is 0.804 bits per heavy atom. The van der Waals surface area contributed by atoms with Crippen LogP contribution in [0.25, 0.3) is 22.1 Å². The molecule has 3 saturated heterocycles. The molecule has 0 aliphatic carbocycles. The number of imide groups is 2. The van der Waals surface area contributed by atoms with Crippen LogP contribution >= 0.6 is 11.6 Å². The largest absolute Gasteiger partial charge is 0.454 e. The van der Waals surface area contributed by atoms with E-state index >= 15 is 0 Å². The van der Waals surface area contributed by atoms with Crippen LogP contribution in [0.5, 0.6) is 11.5 Å². The number of pyridine rings is 1. The van der Waals surface area contributed by atoms with E-state index in [0.717, 1.165) is 74.9 Å². The van der Waals surface area contributed by atoms with Crippen LogP contribution in [0, 0.1) is 5.92 Å². The van der Waals surface area contributed by atoms with Crippen molar-refractivity contribution in [3.8, 4) is 11.5 Å². The van der Waals surface area contributed by atoms with Gasteiger partial charge in [0.15, 0.2) is 22.7 Å². The third kappa shape index (κ3) is 6.47. The van der Waals surface area contributed by atoms with Crippen LogP contribution in [0.3, 0.4) is 0 Å². The molecule has 14 nitrogen and oxygen atoms in total. The average molecular weight is 776 g/mol. The van der Waals surface area contributed by atoms with Crippen LogP contribution in [0.1, 0.15) is 46.4 Å². The highest BCUT2D eigenvalue weighted by molar-refractivity contribution is 6.35. The zero-order valence-corrected chi connectivity index (χ0v) is 31.1. The molecule has 0 saturated carbocycles. The van der Waals surface area contributed by atoms with Crippen molar-refractivity contribution in [3.05, 3.63) is 93.1 Å². The van der Waals surface area contributed by atoms with Gasteiger partial charge in [-0.05, 0) is 67.6 Å². The van der Waals surface area contributed by atoms with Gasteiger partial charge in [-0.3, -0.25) is 39.1 Å². The fourth-order valence-corrected chi connectivity index (χ4v) is 8.57. The minimum atomic E-state index is -0.977. The molecule has 4 aliphatic rings. The van der Waals surface area contributed by atoms with E-state index < -0.39 is 29.7 Å². The monoisotopic (exact) mass is 775 g/mol. The molecule has 15 heteroatoms. The van der Waals surface area contributed by atoms with Crippen LogP contribution in [0.4, 0.5) is 17.2 Å². The summed E-state index contributed by atoms with van der Waals surface area (Å²) in [5.41, 5.74) is 9.11. The van der Waals surface area contributed by atoms with Crippen molar-refractivity contribution in [1.82, 2.24) is 20.1 Å². The van der Waals surface area contributed by atoms with Gasteiger partial charge < -0.3 is 24.7 Å². The molecule has 6 heterocycles. The average Bonchev–Trinajstić information content (AvgIpc) is 3.44. The van der Waals surface area contributed by atoms with E-state index in [1.54, 1.807) is 36.4 Å². The van der Waals surface area contributed by atoms with Crippen molar-refractivity contribution in [3.63, 3.8) is 0 Å². The van der Waals surface area contributed by atoms with E-state index in [2.05, 4.69) is 31.1 Å². The summed E-state index contributed by atoms with van der Waals surface area (Å²) < 4.78 is 12.1. The number of carbonyl (C=O) groups excluding carboxylic acids is 4. The van der Waals surface area contributed by atoms with Gasteiger partial charge in [0.05, 0.1) is 21.5 Å². The zero-order valence-electron chi connectivity index (χ0n) is 30.3. The second-order valence-corrected chi connectivity index (χ2v) is 15.2. The fraction of sp³-hybridized carbons (Fsp3) is 0.317. The third-order valence-corrected chi connectivity index (χ3v) is 11.6. The van der Waals surface area contributed by atoms with Crippen LogP contribution in [-0.4, -0.2) is 90.3 Å². The number of fused-ring (bicyclic) bond motifs is 3. The van der Waals surface area contributed by atoms with Gasteiger partial charge in [-0.2, -0.15) is 0 Å². The lowest BCUT2D eigenvalue weighted by atomic mass is 9.95. The number of ether oxygens (including phenoxy) is 1. The number of amides is 4. The molecule has 56 heavy (non-hydrogen) atoms. The number of hydrogen-bond acceptors (Lipinski definition) is 12. The number of nitrogen functional groups attached to an aromatic ring is 1. The maximum Gasteiger partial charge on any atom is 0.262 e. The van der Waals surface area contributed by atoms with E-state index in [0.29, 0.717) is 28.4 Å². The molecule has 3 aromatic carbocycles. The van der Waals surface area contributed by atoms with Crippen LogP contribution in [0.15, 0.2) is 75.9 Å². The number of nitrogens with zero attached hydrogens (tertiary/aromatic N) is 5. The standard InChI is InChI=1S/C41H38ClN7O7/c42-29-5-2-6-31-35(29)37(51)36-32(56-31)21-33(38(43)45-36)55-26-4-1-3-24(19-26)48-17-15-46(16-18-48)22-23-11-13-47(14-12-23)25-7-8-27-28(20-25)41(54)49(40(27)53)30-9-10-34(50)44-39(30)52/h1-8,19-21,23,30H,9-18,22H2,(H2,43,45)(H,44,50,52). The van der Waals surface area contributed by atoms with Gasteiger partial charge in [-0.1, -0.05) is 23.7 Å². The number of anilines is 3. The van der Waals surface area contributed by atoms with Gasteiger partial charge in [0.25, 0.3) is 11.8 Å². The molecule has 5 aromatic rings. The summed E-state index contributed by atoms with van der Waals surface area (Å²) in [6, 6.07) is 18.8. The summed E-state index contributed by atoms with van der Waals surface area (Å²) >= 11 is 6.26. The molecule has 0 bridgehead atoms. The molecular weight excluding hydrogens is 738 g/mol. The molecule has 1 atom stereocenters. The van der Waals surface area contributed by atoms with Crippen LogP contribution in [0.2, 0.25) is 5.02 Å². The van der Waals surface area contributed by atoms with E-state index in [4.69, 9.17) is 26.5 Å². The van der Waals surface area contributed by atoms with Gasteiger partial charge in [0.2, 0.25) is 17.2 Å². The minimum Gasteiger partial charge on any atom is -0.454 e. The normalized spacial score (nSPS) is 19.6. The topological polar surface area (TPSA) is 172 Å². The Hall–Kier alpha value is -5.99. The SMILES string of the molecule is Nc1nc2c(=O)c3c(Cl)cccc3oc2cc1Oc1cccc(N2CCN(CC3CCN(c4ccc5c(c4)C(=O)N(C4CCC(=O)NC4=O)C5=O)CC3)CC2)c1. The predicted octanol–water partition coefficient (Wildman–Crippen LogP) is 4.81. The number of hydrogen-bond donors (Lipinski definition) is 2. The number of aromatic nitrogens is 1. The number of rotatable bonds is 7. The molecule has 4 amide bonds. The van der Waals surface area contributed by atoms with Crippen molar-refractivity contribution >= 4 is 74.5 Å². The van der Waals surface area contributed by atoms with E-state index in [-0.39, 0.29) is 51.3 Å². The highest BCUT2D eigenvalue weighted by Crippen LogP contribution is 2.35. The Labute approximate surface area is 325 Å². The van der Waals surface area contributed by atoms with Crippen molar-refractivity contribution in [2.45, 2.75) is 31.7 Å². The van der Waals surface area contributed by atoms with E-state index in [1.807, 2.05) is 24.3 Å². The van der Waals surface area contributed by atoms with Crippen molar-refractivity contribution in [1.29, 1.82) is 0 Å². The molecular formula is C41H38ClN7O7. The van der Waals surface area contributed by atoms with Gasteiger partial charge in [0.1, 0.15) is 17.4 Å². The smallest absolute Gasteiger partial charge is 0.262 e. The number of carbonyl (C=O) groups is 4. The summed E-state index contributed by atoms with van der Waals surface area (Å²) in [5, 5.41) is 2.79. The summed E-state index contributed by atoms with van der Waals surface area (Å²) in [4.78, 5) is 76.1. The van der Waals surface area contributed by atoms with Crippen molar-refractivity contribution < 1.29 is 28.3 Å². The van der Waals surface area contributed by atoms with Gasteiger partial charge >= 0.3 is 0 Å². The molecule has 4 aliphatic heterocycles. The Bertz CT molecular complexity index is 2510.